The number of pyridine rings is 1. The molecule has 4 heteroatoms. The Kier molecular flexibility index (Phi) is 5.11. The summed E-state index contributed by atoms with van der Waals surface area (Å²) >= 11 is 0. The van der Waals surface area contributed by atoms with E-state index in [4.69, 9.17) is 10.6 Å². The van der Waals surface area contributed by atoms with Crippen LogP contribution in [0, 0.1) is 6.92 Å². The molecule has 0 spiro atoms. The number of nitrogens with one attached hydrogen (secondary N) is 1. The van der Waals surface area contributed by atoms with Crippen molar-refractivity contribution in [1.82, 2.24) is 10.4 Å². The van der Waals surface area contributed by atoms with Gasteiger partial charge >= 0.3 is 0 Å². The average molecular weight is 249 g/mol. The summed E-state index contributed by atoms with van der Waals surface area (Å²) in [6, 6.07) is 4.24. The number of hydrazine groups is 1. The van der Waals surface area contributed by atoms with E-state index < -0.39 is 0 Å². The number of hydrogen-bond donors (Lipinski definition) is 2. The lowest BCUT2D eigenvalue weighted by Gasteiger charge is -2.16. The molecule has 18 heavy (non-hydrogen) atoms. The number of rotatable bonds is 6. The molecule has 100 valence electrons. The van der Waals surface area contributed by atoms with E-state index in [1.165, 1.54) is 18.4 Å². The number of ether oxygens (including phenoxy) is 1. The molecular formula is C14H23N3O. The van der Waals surface area contributed by atoms with Crippen LogP contribution >= 0.6 is 0 Å². The molecule has 0 radical (unpaired) electrons. The van der Waals surface area contributed by atoms with Crippen molar-refractivity contribution < 1.29 is 4.74 Å². The number of nitrogens with two attached hydrogens (primary N) is 1. The van der Waals surface area contributed by atoms with Crippen molar-refractivity contribution in [3.8, 4) is 0 Å². The van der Waals surface area contributed by atoms with Gasteiger partial charge in [-0.15, -0.1) is 0 Å². The molecule has 0 saturated carbocycles. The van der Waals surface area contributed by atoms with Gasteiger partial charge in [0, 0.05) is 12.8 Å². The fraction of sp³-hybridized carbons (Fsp3) is 0.643. The van der Waals surface area contributed by atoms with Gasteiger partial charge in [-0.2, -0.15) is 0 Å². The van der Waals surface area contributed by atoms with Gasteiger partial charge in [-0.1, -0.05) is 0 Å². The van der Waals surface area contributed by atoms with Crippen LogP contribution in [0.15, 0.2) is 18.3 Å². The minimum atomic E-state index is 0.145. The van der Waals surface area contributed by atoms with E-state index in [1.54, 1.807) is 0 Å². The van der Waals surface area contributed by atoms with Crippen LogP contribution in [-0.4, -0.2) is 17.7 Å². The predicted octanol–water partition coefficient (Wildman–Crippen LogP) is 2.24. The Labute approximate surface area is 109 Å². The molecule has 0 aliphatic carbocycles. The zero-order valence-corrected chi connectivity index (χ0v) is 11.1. The lowest BCUT2D eigenvalue weighted by atomic mass is 10.0. The first kappa shape index (κ1) is 13.5. The highest BCUT2D eigenvalue weighted by Gasteiger charge is 2.17. The molecule has 0 amide bonds. The Morgan fingerprint density at radius 2 is 2.50 bits per heavy atom. The first-order valence-corrected chi connectivity index (χ1v) is 6.80. The van der Waals surface area contributed by atoms with Crippen molar-refractivity contribution in [2.75, 3.05) is 6.61 Å². The maximum atomic E-state index is 5.63. The molecule has 1 aromatic heterocycles. The van der Waals surface area contributed by atoms with Crippen molar-refractivity contribution in [2.45, 2.75) is 51.2 Å². The van der Waals surface area contributed by atoms with Crippen molar-refractivity contribution >= 4 is 0 Å². The van der Waals surface area contributed by atoms with Crippen LogP contribution in [0.1, 0.15) is 49.4 Å². The van der Waals surface area contributed by atoms with Crippen LogP contribution in [0.4, 0.5) is 0 Å². The number of aromatic nitrogens is 1. The van der Waals surface area contributed by atoms with Crippen molar-refractivity contribution in [2.24, 2.45) is 5.84 Å². The molecule has 0 aromatic carbocycles. The van der Waals surface area contributed by atoms with Crippen molar-refractivity contribution in [1.29, 1.82) is 0 Å². The summed E-state index contributed by atoms with van der Waals surface area (Å²) in [7, 11) is 0. The van der Waals surface area contributed by atoms with E-state index in [0.29, 0.717) is 6.10 Å². The van der Waals surface area contributed by atoms with Gasteiger partial charge in [0.15, 0.2) is 0 Å². The summed E-state index contributed by atoms with van der Waals surface area (Å²) in [5.41, 5.74) is 5.12. The van der Waals surface area contributed by atoms with E-state index in [1.807, 2.05) is 12.3 Å². The molecule has 1 aliphatic rings. The number of nitrogens with zero attached hydrogens (tertiary/aromatic N) is 1. The lowest BCUT2D eigenvalue weighted by molar-refractivity contribution is 0.101. The van der Waals surface area contributed by atoms with E-state index in [2.05, 4.69) is 23.4 Å². The van der Waals surface area contributed by atoms with Crippen LogP contribution in [0.25, 0.3) is 0 Å². The summed E-state index contributed by atoms with van der Waals surface area (Å²) in [5.74, 6) is 5.63. The maximum Gasteiger partial charge on any atom is 0.0632 e. The summed E-state index contributed by atoms with van der Waals surface area (Å²) in [6.07, 6.45) is 7.99. The van der Waals surface area contributed by atoms with Gasteiger partial charge in [0.05, 0.1) is 17.8 Å². The second-order valence-electron chi connectivity index (χ2n) is 5.04. The van der Waals surface area contributed by atoms with E-state index in [0.717, 1.165) is 31.6 Å². The molecular weight excluding hydrogens is 226 g/mol. The minimum absolute atomic E-state index is 0.145. The third kappa shape index (κ3) is 3.77. The highest BCUT2D eigenvalue weighted by molar-refractivity contribution is 5.17. The largest absolute Gasteiger partial charge is 0.378 e. The SMILES string of the molecule is Cc1ccnc(C(CCCC2CCCO2)NN)c1. The van der Waals surface area contributed by atoms with Crippen molar-refractivity contribution in [3.63, 3.8) is 0 Å². The van der Waals surface area contributed by atoms with Gasteiger partial charge in [-0.3, -0.25) is 16.3 Å². The van der Waals surface area contributed by atoms with Crippen molar-refractivity contribution in [3.05, 3.63) is 29.6 Å². The maximum absolute atomic E-state index is 5.63. The van der Waals surface area contributed by atoms with Crippen LogP contribution < -0.4 is 11.3 Å². The van der Waals surface area contributed by atoms with Crippen LogP contribution in [0.3, 0.4) is 0 Å². The second kappa shape index (κ2) is 6.83. The fourth-order valence-corrected chi connectivity index (χ4v) is 2.49. The molecule has 1 aliphatic heterocycles. The van der Waals surface area contributed by atoms with Gasteiger partial charge in [-0.25, -0.2) is 0 Å². The number of aryl methyl sites for hydroxylation is 1. The zero-order valence-electron chi connectivity index (χ0n) is 11.1. The smallest absolute Gasteiger partial charge is 0.0632 e. The summed E-state index contributed by atoms with van der Waals surface area (Å²) in [6.45, 7) is 3.01. The van der Waals surface area contributed by atoms with E-state index >= 15 is 0 Å². The molecule has 1 fully saturated rings. The molecule has 2 rings (SSSR count). The summed E-state index contributed by atoms with van der Waals surface area (Å²) in [5, 5.41) is 0. The Hall–Kier alpha value is -0.970. The third-order valence-corrected chi connectivity index (χ3v) is 3.54. The predicted molar refractivity (Wildman–Crippen MR) is 71.9 cm³/mol. The average Bonchev–Trinajstić information content (AvgIpc) is 2.88. The van der Waals surface area contributed by atoms with Gasteiger partial charge < -0.3 is 4.74 Å². The Bertz CT molecular complexity index is 364. The molecule has 2 heterocycles. The fourth-order valence-electron chi connectivity index (χ4n) is 2.49. The first-order chi connectivity index (χ1) is 8.79. The number of hydrogen-bond acceptors (Lipinski definition) is 4. The first-order valence-electron chi connectivity index (χ1n) is 6.80. The zero-order chi connectivity index (χ0) is 12.8. The highest BCUT2D eigenvalue weighted by atomic mass is 16.5. The summed E-state index contributed by atoms with van der Waals surface area (Å²) in [4.78, 5) is 4.39. The van der Waals surface area contributed by atoms with Crippen LogP contribution in [0.5, 0.6) is 0 Å². The van der Waals surface area contributed by atoms with E-state index in [9.17, 15) is 0 Å². The third-order valence-electron chi connectivity index (χ3n) is 3.54. The molecule has 3 N–H and O–H groups in total. The Morgan fingerprint density at radius 1 is 1.61 bits per heavy atom. The van der Waals surface area contributed by atoms with Gasteiger partial charge in [0.2, 0.25) is 0 Å². The molecule has 4 nitrogen and oxygen atoms in total. The van der Waals surface area contributed by atoms with Gasteiger partial charge in [-0.05, 0) is 56.7 Å². The topological polar surface area (TPSA) is 60.2 Å². The molecule has 2 unspecified atom stereocenters. The minimum Gasteiger partial charge on any atom is -0.378 e. The highest BCUT2D eigenvalue weighted by Crippen LogP contribution is 2.22. The Balaban J connectivity index is 1.81. The summed E-state index contributed by atoms with van der Waals surface area (Å²) < 4.78 is 5.63. The molecule has 0 bridgehead atoms. The normalized spacial score (nSPS) is 21.1. The molecule has 1 saturated heterocycles. The monoisotopic (exact) mass is 249 g/mol. The van der Waals surface area contributed by atoms with Crippen LogP contribution in [0.2, 0.25) is 0 Å². The molecule has 2 atom stereocenters. The quantitative estimate of drug-likeness (QED) is 0.599. The standard InChI is InChI=1S/C14H23N3O/c1-11-7-8-16-14(10-11)13(17-15)6-2-4-12-5-3-9-18-12/h7-8,10,12-13,17H,2-6,9,15H2,1H3. The van der Waals surface area contributed by atoms with Gasteiger partial charge in [0.25, 0.3) is 0 Å². The van der Waals surface area contributed by atoms with E-state index in [-0.39, 0.29) is 6.04 Å². The molecule has 1 aromatic rings. The second-order valence-corrected chi connectivity index (χ2v) is 5.04. The van der Waals surface area contributed by atoms with Gasteiger partial charge in [0.1, 0.15) is 0 Å². The van der Waals surface area contributed by atoms with Crippen LogP contribution in [-0.2, 0) is 4.74 Å². The lowest BCUT2D eigenvalue weighted by Crippen LogP contribution is -2.29. The Morgan fingerprint density at radius 3 is 3.17 bits per heavy atom.